The molecule has 1 aromatic carbocycles. The maximum Gasteiger partial charge on any atom is 0.251 e. The van der Waals surface area contributed by atoms with E-state index < -0.39 is 0 Å². The van der Waals surface area contributed by atoms with Crippen LogP contribution in [-0.4, -0.2) is 36.5 Å². The highest BCUT2D eigenvalue weighted by Gasteiger charge is 2.23. The quantitative estimate of drug-likeness (QED) is 0.767. The first-order valence-corrected chi connectivity index (χ1v) is 8.99. The van der Waals surface area contributed by atoms with Crippen molar-refractivity contribution in [3.63, 3.8) is 0 Å². The van der Waals surface area contributed by atoms with Crippen molar-refractivity contribution < 1.29 is 4.79 Å². The van der Waals surface area contributed by atoms with Crippen LogP contribution in [0.15, 0.2) is 55.4 Å². The molecular formula is C19H22N6O. The molecule has 1 saturated carbocycles. The first-order valence-electron chi connectivity index (χ1n) is 8.99. The fraction of sp³-hybridized carbons (Fsp3) is 0.368. The molecule has 0 spiro atoms. The minimum absolute atomic E-state index is 0.0000582. The summed E-state index contributed by atoms with van der Waals surface area (Å²) in [5.41, 5.74) is 1.77. The second-order valence-corrected chi connectivity index (χ2v) is 6.79. The van der Waals surface area contributed by atoms with Crippen LogP contribution in [0.3, 0.4) is 0 Å². The number of hydrogen-bond donors (Lipinski definition) is 1. The largest absolute Gasteiger partial charge is 0.349 e. The summed E-state index contributed by atoms with van der Waals surface area (Å²) in [6, 6.07) is 10.3. The molecule has 0 aliphatic heterocycles. The molecule has 1 fully saturated rings. The summed E-state index contributed by atoms with van der Waals surface area (Å²) in [6.45, 7) is 0.665. The Kier molecular flexibility index (Phi) is 4.77. The van der Waals surface area contributed by atoms with E-state index in [1.807, 2.05) is 41.2 Å². The normalized spacial score (nSPS) is 20.0. The average Bonchev–Trinajstić information content (AvgIpc) is 3.36. The first kappa shape index (κ1) is 16.5. The van der Waals surface area contributed by atoms with Crippen molar-refractivity contribution in [1.82, 2.24) is 29.9 Å². The standard InChI is InChI=1S/C19H22N6O/c26-19(16-4-1-3-15(11-16)12-25-10-2-9-22-25)23-17-5-7-18(8-6-17)24-13-20-21-14-24/h1-4,9-11,13-14,17-18H,5-8,12H2,(H,23,26). The third-order valence-electron chi connectivity index (χ3n) is 4.98. The Balaban J connectivity index is 1.33. The molecule has 2 heterocycles. The Bertz CT molecular complexity index is 835. The summed E-state index contributed by atoms with van der Waals surface area (Å²) in [6.07, 6.45) is 11.2. The Labute approximate surface area is 152 Å². The number of carbonyl (C=O) groups excluding carboxylic acids is 1. The van der Waals surface area contributed by atoms with E-state index in [9.17, 15) is 4.79 Å². The van der Waals surface area contributed by atoms with Gasteiger partial charge in [0.15, 0.2) is 0 Å². The lowest BCUT2D eigenvalue weighted by atomic mass is 9.91. The number of rotatable bonds is 5. The molecule has 2 aromatic heterocycles. The van der Waals surface area contributed by atoms with E-state index in [-0.39, 0.29) is 11.9 Å². The monoisotopic (exact) mass is 350 g/mol. The van der Waals surface area contributed by atoms with Crippen LogP contribution in [-0.2, 0) is 6.54 Å². The lowest BCUT2D eigenvalue weighted by Crippen LogP contribution is -2.38. The van der Waals surface area contributed by atoms with Gasteiger partial charge in [0.05, 0.1) is 6.54 Å². The number of amides is 1. The van der Waals surface area contributed by atoms with Crippen LogP contribution in [0.5, 0.6) is 0 Å². The second kappa shape index (κ2) is 7.51. The maximum atomic E-state index is 12.6. The van der Waals surface area contributed by atoms with Gasteiger partial charge in [0.1, 0.15) is 12.7 Å². The summed E-state index contributed by atoms with van der Waals surface area (Å²) < 4.78 is 3.92. The molecule has 4 rings (SSSR count). The molecule has 7 nitrogen and oxygen atoms in total. The third kappa shape index (κ3) is 3.82. The van der Waals surface area contributed by atoms with Gasteiger partial charge in [-0.25, -0.2) is 0 Å². The predicted octanol–water partition coefficient (Wildman–Crippen LogP) is 2.44. The van der Waals surface area contributed by atoms with Gasteiger partial charge in [-0.05, 0) is 49.4 Å². The zero-order chi connectivity index (χ0) is 17.8. The molecule has 0 bridgehead atoms. The topological polar surface area (TPSA) is 77.6 Å². The van der Waals surface area contributed by atoms with Gasteiger partial charge >= 0.3 is 0 Å². The SMILES string of the molecule is O=C(NC1CCC(n2cnnc2)CC1)c1cccc(Cn2cccn2)c1. The molecule has 134 valence electrons. The predicted molar refractivity (Wildman–Crippen MR) is 96.6 cm³/mol. The lowest BCUT2D eigenvalue weighted by Gasteiger charge is -2.29. The van der Waals surface area contributed by atoms with Crippen LogP contribution >= 0.6 is 0 Å². The Hall–Kier alpha value is -2.96. The van der Waals surface area contributed by atoms with E-state index in [4.69, 9.17) is 0 Å². The molecule has 1 N–H and O–H groups in total. The van der Waals surface area contributed by atoms with Crippen LogP contribution in [0.4, 0.5) is 0 Å². The zero-order valence-electron chi connectivity index (χ0n) is 14.5. The minimum atomic E-state index is 0.0000582. The van der Waals surface area contributed by atoms with Gasteiger partial charge in [-0.15, -0.1) is 10.2 Å². The number of carbonyl (C=O) groups is 1. The van der Waals surface area contributed by atoms with Crippen molar-refractivity contribution in [1.29, 1.82) is 0 Å². The number of nitrogens with zero attached hydrogens (tertiary/aromatic N) is 5. The molecular weight excluding hydrogens is 328 g/mol. The molecule has 0 unspecified atom stereocenters. The van der Waals surface area contributed by atoms with Crippen molar-refractivity contribution in [2.45, 2.75) is 44.3 Å². The summed E-state index contributed by atoms with van der Waals surface area (Å²) in [5.74, 6) is 0.0000582. The molecule has 1 aliphatic rings. The van der Waals surface area contributed by atoms with Gasteiger partial charge < -0.3 is 9.88 Å². The van der Waals surface area contributed by atoms with Crippen molar-refractivity contribution >= 4 is 5.91 Å². The van der Waals surface area contributed by atoms with Crippen molar-refractivity contribution in [3.8, 4) is 0 Å². The van der Waals surface area contributed by atoms with E-state index in [1.54, 1.807) is 18.9 Å². The smallest absolute Gasteiger partial charge is 0.251 e. The number of nitrogens with one attached hydrogen (secondary N) is 1. The highest BCUT2D eigenvalue weighted by Crippen LogP contribution is 2.28. The summed E-state index contributed by atoms with van der Waals surface area (Å²) in [5, 5.41) is 15.2. The Morgan fingerprint density at radius 1 is 1.12 bits per heavy atom. The highest BCUT2D eigenvalue weighted by atomic mass is 16.1. The molecule has 7 heteroatoms. The second-order valence-electron chi connectivity index (χ2n) is 6.79. The van der Waals surface area contributed by atoms with Crippen LogP contribution in [0.25, 0.3) is 0 Å². The third-order valence-corrected chi connectivity index (χ3v) is 4.98. The molecule has 0 saturated heterocycles. The van der Waals surface area contributed by atoms with E-state index in [0.29, 0.717) is 18.2 Å². The fourth-order valence-corrected chi connectivity index (χ4v) is 3.58. The van der Waals surface area contributed by atoms with Crippen LogP contribution in [0.2, 0.25) is 0 Å². The van der Waals surface area contributed by atoms with Crippen molar-refractivity contribution in [2.75, 3.05) is 0 Å². The number of hydrogen-bond acceptors (Lipinski definition) is 4. The molecule has 0 radical (unpaired) electrons. The van der Waals surface area contributed by atoms with Crippen molar-refractivity contribution in [3.05, 3.63) is 66.5 Å². The van der Waals surface area contributed by atoms with Gasteiger partial charge in [0, 0.05) is 30.0 Å². The number of aromatic nitrogens is 5. The van der Waals surface area contributed by atoms with E-state index in [2.05, 4.69) is 25.2 Å². The molecule has 3 aromatic rings. The molecule has 26 heavy (non-hydrogen) atoms. The Morgan fingerprint density at radius 2 is 1.92 bits per heavy atom. The maximum absolute atomic E-state index is 12.6. The van der Waals surface area contributed by atoms with Gasteiger partial charge in [0.25, 0.3) is 5.91 Å². The molecule has 1 amide bonds. The van der Waals surface area contributed by atoms with Gasteiger partial charge in [0.2, 0.25) is 0 Å². The van der Waals surface area contributed by atoms with Gasteiger partial charge in [-0.1, -0.05) is 12.1 Å². The van der Waals surface area contributed by atoms with E-state index >= 15 is 0 Å². The number of benzene rings is 1. The Morgan fingerprint density at radius 3 is 2.65 bits per heavy atom. The average molecular weight is 350 g/mol. The van der Waals surface area contributed by atoms with E-state index in [1.165, 1.54) is 0 Å². The molecule has 0 atom stereocenters. The highest BCUT2D eigenvalue weighted by molar-refractivity contribution is 5.94. The first-order chi connectivity index (χ1) is 12.8. The van der Waals surface area contributed by atoms with Gasteiger partial charge in [-0.3, -0.25) is 9.48 Å². The van der Waals surface area contributed by atoms with Crippen molar-refractivity contribution in [2.24, 2.45) is 0 Å². The minimum Gasteiger partial charge on any atom is -0.349 e. The summed E-state index contributed by atoms with van der Waals surface area (Å²) in [4.78, 5) is 12.6. The van der Waals surface area contributed by atoms with Gasteiger partial charge in [-0.2, -0.15) is 5.10 Å². The fourth-order valence-electron chi connectivity index (χ4n) is 3.58. The summed E-state index contributed by atoms with van der Waals surface area (Å²) >= 11 is 0. The zero-order valence-corrected chi connectivity index (χ0v) is 14.5. The lowest BCUT2D eigenvalue weighted by molar-refractivity contribution is 0.0922. The summed E-state index contributed by atoms with van der Waals surface area (Å²) in [7, 11) is 0. The van der Waals surface area contributed by atoms with Crippen LogP contribution in [0.1, 0.15) is 47.6 Å². The van der Waals surface area contributed by atoms with E-state index in [0.717, 1.165) is 31.2 Å². The van der Waals surface area contributed by atoms with Crippen LogP contribution < -0.4 is 5.32 Å². The van der Waals surface area contributed by atoms with Crippen LogP contribution in [0, 0.1) is 0 Å². The molecule has 1 aliphatic carbocycles.